The van der Waals surface area contributed by atoms with Gasteiger partial charge >= 0.3 is 0 Å². The predicted octanol–water partition coefficient (Wildman–Crippen LogP) is 3.21. The molecule has 1 spiro atoms. The molecule has 5 saturated carbocycles. The number of halogens is 3. The summed E-state index contributed by atoms with van der Waals surface area (Å²) >= 11 is 0. The van der Waals surface area contributed by atoms with E-state index < -0.39 is 34.2 Å². The summed E-state index contributed by atoms with van der Waals surface area (Å²) in [5.41, 5.74) is -1.99. The minimum absolute atomic E-state index is 0.0151. The number of hydrogen-bond donors (Lipinski definition) is 2. The lowest BCUT2D eigenvalue weighted by Crippen LogP contribution is -2.73. The maximum absolute atomic E-state index is 16.3. The summed E-state index contributed by atoms with van der Waals surface area (Å²) in [5, 5.41) is 2.98. The van der Waals surface area contributed by atoms with Crippen LogP contribution in [0.25, 0.3) is 0 Å². The molecule has 3 N–H and O–H groups in total. The van der Waals surface area contributed by atoms with E-state index in [9.17, 15) is 9.59 Å². The summed E-state index contributed by atoms with van der Waals surface area (Å²) in [4.78, 5) is 27.0. The Morgan fingerprint density at radius 3 is 2.06 bits per heavy atom. The third kappa shape index (κ3) is 3.38. The molecule has 2 amide bonds. The van der Waals surface area contributed by atoms with E-state index in [1.165, 1.54) is 0 Å². The molecule has 6 fully saturated rings. The first-order valence-corrected chi connectivity index (χ1v) is 12.0. The van der Waals surface area contributed by atoms with Gasteiger partial charge in [-0.2, -0.15) is 0 Å². The summed E-state index contributed by atoms with van der Waals surface area (Å²) in [7, 11) is 0. The molecule has 5 aliphatic carbocycles. The number of nitrogens with one attached hydrogen (secondary N) is 1. The maximum atomic E-state index is 16.3. The molecule has 6 rings (SSSR count). The van der Waals surface area contributed by atoms with Gasteiger partial charge in [0.05, 0.1) is 12.0 Å². The summed E-state index contributed by atoms with van der Waals surface area (Å²) in [6, 6.07) is 0. The van der Waals surface area contributed by atoms with Gasteiger partial charge in [-0.15, -0.1) is 0 Å². The average Bonchev–Trinajstić information content (AvgIpc) is 3.24. The minimum Gasteiger partial charge on any atom is -0.369 e. The third-order valence-electron chi connectivity index (χ3n) is 9.15. The SMILES string of the molecule is CC(C)(C)NC(=O)CN1CCC2(CC1)C[C@H]2C1C2(F)CC3(F)CC(F)(C2)CC1(C(N)=O)C3. The number of alkyl halides is 3. The topological polar surface area (TPSA) is 75.4 Å². The van der Waals surface area contributed by atoms with Gasteiger partial charge in [-0.3, -0.25) is 14.5 Å². The summed E-state index contributed by atoms with van der Waals surface area (Å²) in [6.07, 6.45) is 1.20. The van der Waals surface area contributed by atoms with Crippen LogP contribution < -0.4 is 11.1 Å². The van der Waals surface area contributed by atoms with Crippen LogP contribution in [0.2, 0.25) is 0 Å². The highest BCUT2D eigenvalue weighted by Crippen LogP contribution is 2.77. The molecule has 0 aromatic rings. The zero-order valence-electron chi connectivity index (χ0n) is 19.4. The van der Waals surface area contributed by atoms with Crippen LogP contribution in [-0.4, -0.2) is 58.9 Å². The van der Waals surface area contributed by atoms with Crippen LogP contribution in [0.3, 0.4) is 0 Å². The van der Waals surface area contributed by atoms with Gasteiger partial charge in [-0.1, -0.05) is 0 Å². The van der Waals surface area contributed by atoms with Crippen LogP contribution in [0.5, 0.6) is 0 Å². The highest BCUT2D eigenvalue weighted by Gasteiger charge is 2.80. The second kappa shape index (κ2) is 6.42. The number of primary amides is 1. The summed E-state index contributed by atoms with van der Waals surface area (Å²) in [5.74, 6) is -1.52. The Balaban J connectivity index is 1.31. The van der Waals surface area contributed by atoms with E-state index in [0.29, 0.717) is 6.54 Å². The van der Waals surface area contributed by atoms with Gasteiger partial charge in [-0.25, -0.2) is 13.2 Å². The maximum Gasteiger partial charge on any atom is 0.234 e. The Bertz CT molecular complexity index is 830. The standard InChI is InChI=1S/C24H36F3N3O2/c1-19(2,3)29-16(31)9-30-6-4-20(5-7-30)8-15(20)17-23(18(28)32)11-21(25)10-22(26,12-23)14-24(17,27)13-21/h15,17H,4-14H2,1-3H3,(H2,28,32)(H,29,31)/t15-,17?,21?,22?,23?,24?/m0/s1. The lowest BCUT2D eigenvalue weighted by Gasteiger charge is -2.66. The molecule has 0 aromatic carbocycles. The number of likely N-dealkylation sites (tertiary alicyclic amines) is 1. The molecule has 1 heterocycles. The number of nitrogens with two attached hydrogens (primary N) is 1. The number of amides is 2. The van der Waals surface area contributed by atoms with Gasteiger partial charge in [0.15, 0.2) is 0 Å². The molecule has 4 atom stereocenters. The minimum atomic E-state index is -2.01. The van der Waals surface area contributed by atoms with E-state index in [-0.39, 0.29) is 54.9 Å². The molecule has 32 heavy (non-hydrogen) atoms. The molecule has 4 bridgehead atoms. The quantitative estimate of drug-likeness (QED) is 0.684. The van der Waals surface area contributed by atoms with E-state index in [1.54, 1.807) is 0 Å². The first-order chi connectivity index (χ1) is 14.6. The van der Waals surface area contributed by atoms with Crippen molar-refractivity contribution in [3.8, 4) is 0 Å². The number of carbonyl (C=O) groups is 2. The second-order valence-electron chi connectivity index (χ2n) is 13.0. The molecule has 3 unspecified atom stereocenters. The van der Waals surface area contributed by atoms with Crippen molar-refractivity contribution >= 4 is 11.8 Å². The molecular formula is C24H36F3N3O2. The molecule has 180 valence electrons. The summed E-state index contributed by atoms with van der Waals surface area (Å²) in [6.45, 7) is 7.61. The first-order valence-electron chi connectivity index (χ1n) is 12.0. The van der Waals surface area contributed by atoms with E-state index in [4.69, 9.17) is 5.73 Å². The van der Waals surface area contributed by atoms with Gasteiger partial charge < -0.3 is 11.1 Å². The molecule has 8 heteroatoms. The van der Waals surface area contributed by atoms with Gasteiger partial charge in [0, 0.05) is 30.7 Å². The van der Waals surface area contributed by atoms with Crippen molar-refractivity contribution < 1.29 is 22.8 Å². The van der Waals surface area contributed by atoms with E-state index >= 15 is 13.2 Å². The van der Waals surface area contributed by atoms with Crippen molar-refractivity contribution in [2.45, 2.75) is 94.7 Å². The zero-order valence-corrected chi connectivity index (χ0v) is 19.4. The van der Waals surface area contributed by atoms with Crippen LogP contribution in [-0.2, 0) is 9.59 Å². The number of nitrogens with zero attached hydrogens (tertiary/aromatic N) is 1. The van der Waals surface area contributed by atoms with E-state index in [0.717, 1.165) is 32.4 Å². The van der Waals surface area contributed by atoms with Crippen LogP contribution in [0.1, 0.15) is 72.1 Å². The highest BCUT2D eigenvalue weighted by molar-refractivity contribution is 5.83. The monoisotopic (exact) mass is 455 g/mol. The van der Waals surface area contributed by atoms with Crippen LogP contribution >= 0.6 is 0 Å². The van der Waals surface area contributed by atoms with Crippen molar-refractivity contribution in [1.29, 1.82) is 0 Å². The van der Waals surface area contributed by atoms with E-state index in [1.807, 2.05) is 20.8 Å². The summed E-state index contributed by atoms with van der Waals surface area (Å²) < 4.78 is 47.2. The fourth-order valence-corrected chi connectivity index (χ4v) is 8.50. The van der Waals surface area contributed by atoms with Gasteiger partial charge in [0.25, 0.3) is 0 Å². The van der Waals surface area contributed by atoms with Crippen molar-refractivity contribution in [1.82, 2.24) is 10.2 Å². The average molecular weight is 456 g/mol. The van der Waals surface area contributed by atoms with Gasteiger partial charge in [0.2, 0.25) is 11.8 Å². The van der Waals surface area contributed by atoms with Crippen LogP contribution in [0.15, 0.2) is 0 Å². The zero-order chi connectivity index (χ0) is 23.4. The van der Waals surface area contributed by atoms with Crippen molar-refractivity contribution in [3.63, 3.8) is 0 Å². The molecule has 5 nitrogen and oxygen atoms in total. The fraction of sp³-hybridized carbons (Fsp3) is 0.917. The third-order valence-corrected chi connectivity index (χ3v) is 9.15. The van der Waals surface area contributed by atoms with Crippen molar-refractivity contribution in [3.05, 3.63) is 0 Å². The Kier molecular flexibility index (Phi) is 4.51. The van der Waals surface area contributed by atoms with Gasteiger partial charge in [0.1, 0.15) is 17.0 Å². The molecule has 1 saturated heterocycles. The Hall–Kier alpha value is -1.31. The van der Waals surface area contributed by atoms with Crippen molar-refractivity contribution in [2.24, 2.45) is 28.4 Å². The Labute approximate surface area is 188 Å². The normalized spacial score (nSPS) is 46.9. The number of hydrogen-bond acceptors (Lipinski definition) is 3. The van der Waals surface area contributed by atoms with Crippen molar-refractivity contribution in [2.75, 3.05) is 19.6 Å². The van der Waals surface area contributed by atoms with Crippen LogP contribution in [0.4, 0.5) is 13.2 Å². The lowest BCUT2D eigenvalue weighted by molar-refractivity contribution is -0.252. The molecule has 6 aliphatic rings. The number of rotatable bonds is 4. The number of piperidine rings is 1. The Morgan fingerprint density at radius 2 is 1.56 bits per heavy atom. The highest BCUT2D eigenvalue weighted by atomic mass is 19.2. The molecule has 0 aromatic heterocycles. The van der Waals surface area contributed by atoms with Crippen LogP contribution in [0, 0.1) is 22.7 Å². The predicted molar refractivity (Wildman–Crippen MR) is 114 cm³/mol. The molecular weight excluding hydrogens is 419 g/mol. The number of carbonyl (C=O) groups excluding carboxylic acids is 2. The Morgan fingerprint density at radius 1 is 1.00 bits per heavy atom. The first kappa shape index (κ1) is 22.5. The fourth-order valence-electron chi connectivity index (χ4n) is 8.50. The smallest absolute Gasteiger partial charge is 0.234 e. The molecule has 1 aliphatic heterocycles. The lowest BCUT2D eigenvalue weighted by atomic mass is 9.40. The van der Waals surface area contributed by atoms with E-state index in [2.05, 4.69) is 10.2 Å². The largest absolute Gasteiger partial charge is 0.369 e. The second-order valence-corrected chi connectivity index (χ2v) is 13.0. The van der Waals surface area contributed by atoms with Gasteiger partial charge in [-0.05, 0) is 77.3 Å². The molecule has 0 radical (unpaired) electrons.